The van der Waals surface area contributed by atoms with Crippen LogP contribution in [-0.4, -0.2) is 25.0 Å². The van der Waals surface area contributed by atoms with E-state index >= 15 is 0 Å². The Hall–Kier alpha value is -3.78. The second kappa shape index (κ2) is 8.49. The number of aromatic nitrogens is 1. The molecule has 2 aromatic carbocycles. The zero-order valence-electron chi connectivity index (χ0n) is 15.1. The summed E-state index contributed by atoms with van der Waals surface area (Å²) in [6, 6.07) is 17.8. The highest BCUT2D eigenvalue weighted by Gasteiger charge is 2.17. The van der Waals surface area contributed by atoms with Gasteiger partial charge in [0.25, 0.3) is 10.0 Å². The minimum Gasteiger partial charge on any atom is -0.399 e. The van der Waals surface area contributed by atoms with Gasteiger partial charge >= 0.3 is 0 Å². The van der Waals surface area contributed by atoms with Crippen LogP contribution in [0.3, 0.4) is 0 Å². The van der Waals surface area contributed by atoms with Crippen molar-refractivity contribution in [3.63, 3.8) is 0 Å². The Morgan fingerprint density at radius 3 is 1.83 bits per heavy atom. The lowest BCUT2D eigenvalue weighted by atomic mass is 9.95. The quantitative estimate of drug-likeness (QED) is 0.644. The van der Waals surface area contributed by atoms with Gasteiger partial charge in [0.15, 0.2) is 11.6 Å². The number of hydrogen-bond acceptors (Lipinski definition) is 6. The van der Waals surface area contributed by atoms with Crippen LogP contribution in [0.25, 0.3) is 0 Å². The number of carbonyl (C=O) groups is 2. The van der Waals surface area contributed by atoms with Gasteiger partial charge in [0.2, 0.25) is 0 Å². The van der Waals surface area contributed by atoms with Gasteiger partial charge in [-0.2, -0.15) is 0 Å². The van der Waals surface area contributed by atoms with E-state index in [9.17, 15) is 18.0 Å². The minimum absolute atomic E-state index is 0.0924. The summed E-state index contributed by atoms with van der Waals surface area (Å²) in [5.74, 6) is 0.0970. The number of anilines is 2. The van der Waals surface area contributed by atoms with E-state index in [4.69, 9.17) is 5.73 Å². The number of allylic oxidation sites excluding steroid dienone is 2. The number of nitrogens with one attached hydrogen (secondary N) is 1. The third-order valence-corrected chi connectivity index (χ3v) is 5.31. The van der Waals surface area contributed by atoms with Gasteiger partial charge in [-0.15, -0.1) is 0 Å². The Labute approximate surface area is 168 Å². The van der Waals surface area contributed by atoms with Crippen molar-refractivity contribution in [1.29, 1.82) is 0 Å². The second-order valence-corrected chi connectivity index (χ2v) is 7.68. The number of rotatable bonds is 3. The van der Waals surface area contributed by atoms with Crippen molar-refractivity contribution in [2.45, 2.75) is 4.90 Å². The number of nitrogens with two attached hydrogens (primary N) is 1. The molecule has 0 unspecified atom stereocenters. The van der Waals surface area contributed by atoms with Crippen molar-refractivity contribution in [3.8, 4) is 0 Å². The van der Waals surface area contributed by atoms with Crippen LogP contribution in [0.5, 0.6) is 0 Å². The number of nitrogens with zero attached hydrogens (tertiary/aromatic N) is 1. The fourth-order valence-corrected chi connectivity index (χ4v) is 3.52. The first-order chi connectivity index (χ1) is 13.9. The molecule has 0 spiro atoms. The molecular formula is C21H17N3O4S. The van der Waals surface area contributed by atoms with Crippen LogP contribution in [-0.2, 0) is 10.0 Å². The zero-order valence-corrected chi connectivity index (χ0v) is 16.0. The highest BCUT2D eigenvalue weighted by atomic mass is 32.2. The summed E-state index contributed by atoms with van der Waals surface area (Å²) < 4.78 is 26.2. The molecule has 0 saturated carbocycles. The smallest absolute Gasteiger partial charge is 0.263 e. The number of ketones is 2. The van der Waals surface area contributed by atoms with Crippen LogP contribution in [0.1, 0.15) is 20.7 Å². The summed E-state index contributed by atoms with van der Waals surface area (Å²) in [4.78, 5) is 26.4. The molecule has 29 heavy (non-hydrogen) atoms. The van der Waals surface area contributed by atoms with Gasteiger partial charge in [-0.25, -0.2) is 13.4 Å². The van der Waals surface area contributed by atoms with E-state index in [1.165, 1.54) is 42.6 Å². The molecule has 7 nitrogen and oxygen atoms in total. The molecule has 1 aliphatic carbocycles. The average molecular weight is 407 g/mol. The Balaban J connectivity index is 0.000000176. The van der Waals surface area contributed by atoms with E-state index in [0.717, 1.165) is 0 Å². The van der Waals surface area contributed by atoms with Crippen molar-refractivity contribution in [2.24, 2.45) is 0 Å². The molecule has 0 atom stereocenters. The maximum absolute atomic E-state index is 11.9. The number of hydrogen-bond donors (Lipinski definition) is 2. The third-order valence-electron chi connectivity index (χ3n) is 3.94. The zero-order chi connectivity index (χ0) is 20.9. The van der Waals surface area contributed by atoms with Crippen molar-refractivity contribution >= 4 is 33.1 Å². The Bertz CT molecular complexity index is 1140. The predicted molar refractivity (Wildman–Crippen MR) is 110 cm³/mol. The van der Waals surface area contributed by atoms with E-state index in [2.05, 4.69) is 9.71 Å². The van der Waals surface area contributed by atoms with Crippen molar-refractivity contribution < 1.29 is 18.0 Å². The number of fused-ring (bicyclic) bond motifs is 1. The summed E-state index contributed by atoms with van der Waals surface area (Å²) in [6.45, 7) is 0. The van der Waals surface area contributed by atoms with Gasteiger partial charge in [-0.3, -0.25) is 14.3 Å². The first-order valence-corrected chi connectivity index (χ1v) is 10.0. The van der Waals surface area contributed by atoms with Crippen molar-refractivity contribution in [3.05, 3.63) is 96.2 Å². The number of pyridine rings is 1. The normalized spacial score (nSPS) is 12.6. The molecule has 146 valence electrons. The maximum Gasteiger partial charge on any atom is 0.263 e. The highest BCUT2D eigenvalue weighted by Crippen LogP contribution is 2.16. The lowest BCUT2D eigenvalue weighted by molar-refractivity contribution is 0.0994. The summed E-state index contributed by atoms with van der Waals surface area (Å²) in [5, 5.41) is 0. The van der Waals surface area contributed by atoms with E-state index in [-0.39, 0.29) is 22.3 Å². The first-order valence-electron chi connectivity index (χ1n) is 8.52. The van der Waals surface area contributed by atoms with Gasteiger partial charge in [-0.05, 0) is 48.6 Å². The van der Waals surface area contributed by atoms with Gasteiger partial charge in [-0.1, -0.05) is 30.3 Å². The largest absolute Gasteiger partial charge is 0.399 e. The lowest BCUT2D eigenvalue weighted by Gasteiger charge is -2.06. The van der Waals surface area contributed by atoms with Crippen LogP contribution in [0, 0.1) is 0 Å². The maximum atomic E-state index is 11.9. The van der Waals surface area contributed by atoms with Gasteiger partial charge in [0.1, 0.15) is 5.82 Å². The molecule has 0 bridgehead atoms. The van der Waals surface area contributed by atoms with Crippen LogP contribution in [0.4, 0.5) is 11.5 Å². The van der Waals surface area contributed by atoms with E-state index < -0.39 is 10.0 Å². The van der Waals surface area contributed by atoms with Crippen molar-refractivity contribution in [2.75, 3.05) is 10.5 Å². The predicted octanol–water partition coefficient (Wildman–Crippen LogP) is 3.09. The molecule has 1 heterocycles. The molecule has 4 rings (SSSR count). The molecular weight excluding hydrogens is 390 g/mol. The summed E-state index contributed by atoms with van der Waals surface area (Å²) >= 11 is 0. The Kier molecular flexibility index (Phi) is 5.85. The van der Waals surface area contributed by atoms with Gasteiger partial charge in [0.05, 0.1) is 4.90 Å². The molecule has 3 N–H and O–H groups in total. The summed E-state index contributed by atoms with van der Waals surface area (Å²) in [7, 11) is -3.60. The standard InChI is InChI=1S/C11H11N3O2S.C10H6O2/c12-9-4-6-10(7-5-9)17(15,16)14-11-3-1-2-8-13-11;11-9-5-6-10(12)8-4-2-1-3-7(8)9/h1-8H,12H2,(H,13,14);1-6H. The fourth-order valence-electron chi connectivity index (χ4n) is 2.51. The molecule has 1 aliphatic rings. The van der Waals surface area contributed by atoms with Crippen LogP contribution < -0.4 is 10.5 Å². The van der Waals surface area contributed by atoms with E-state index in [1.807, 2.05) is 0 Å². The van der Waals surface area contributed by atoms with E-state index in [0.29, 0.717) is 16.8 Å². The Morgan fingerprint density at radius 2 is 1.31 bits per heavy atom. The molecule has 0 aliphatic heterocycles. The van der Waals surface area contributed by atoms with E-state index in [1.54, 1.807) is 42.5 Å². The minimum atomic E-state index is -3.60. The van der Waals surface area contributed by atoms with Crippen LogP contribution >= 0.6 is 0 Å². The number of carbonyl (C=O) groups excluding carboxylic acids is 2. The SMILES string of the molecule is Nc1ccc(S(=O)(=O)Nc2ccccn2)cc1.O=C1C=CC(=O)c2ccccc21. The monoisotopic (exact) mass is 407 g/mol. The second-order valence-electron chi connectivity index (χ2n) is 6.00. The van der Waals surface area contributed by atoms with Crippen LogP contribution in [0.15, 0.2) is 90.0 Å². The molecule has 1 aromatic heterocycles. The fraction of sp³-hybridized carbons (Fsp3) is 0. The molecule has 0 saturated heterocycles. The molecule has 0 amide bonds. The topological polar surface area (TPSA) is 119 Å². The average Bonchev–Trinajstić information content (AvgIpc) is 2.72. The first kappa shape index (κ1) is 20.0. The third kappa shape index (κ3) is 4.94. The molecule has 3 aromatic rings. The molecule has 8 heteroatoms. The van der Waals surface area contributed by atoms with Gasteiger partial charge in [0, 0.05) is 23.0 Å². The highest BCUT2D eigenvalue weighted by molar-refractivity contribution is 7.92. The Morgan fingerprint density at radius 1 is 0.759 bits per heavy atom. The number of nitrogen functional groups attached to an aromatic ring is 1. The van der Waals surface area contributed by atoms with Crippen LogP contribution in [0.2, 0.25) is 0 Å². The molecule has 0 radical (unpaired) electrons. The summed E-state index contributed by atoms with van der Waals surface area (Å²) in [5.41, 5.74) is 7.02. The summed E-state index contributed by atoms with van der Waals surface area (Å²) in [6.07, 6.45) is 4.14. The number of benzene rings is 2. The van der Waals surface area contributed by atoms with Gasteiger partial charge < -0.3 is 5.73 Å². The van der Waals surface area contributed by atoms with Crippen molar-refractivity contribution in [1.82, 2.24) is 4.98 Å². The lowest BCUT2D eigenvalue weighted by Crippen LogP contribution is -2.13. The number of sulfonamides is 1. The molecule has 0 fully saturated rings.